The van der Waals surface area contributed by atoms with E-state index in [4.69, 9.17) is 4.74 Å². The van der Waals surface area contributed by atoms with Crippen molar-refractivity contribution in [1.82, 2.24) is 14.9 Å². The number of rotatable bonds is 4. The normalized spacial score (nSPS) is 14.3. The summed E-state index contributed by atoms with van der Waals surface area (Å²) in [7, 11) is 0. The lowest BCUT2D eigenvalue weighted by Crippen LogP contribution is -2.49. The van der Waals surface area contributed by atoms with Gasteiger partial charge in [-0.2, -0.15) is 4.98 Å². The number of carbonyl (C=O) groups excluding carboxylic acids is 1. The average Bonchev–Trinajstić information content (AvgIpc) is 2.62. The van der Waals surface area contributed by atoms with Gasteiger partial charge in [0.1, 0.15) is 5.82 Å². The highest BCUT2D eigenvalue weighted by atomic mass is 16.6. The monoisotopic (exact) mass is 341 g/mol. The fraction of sp³-hybridized carbons (Fsp3) is 0.389. The maximum absolute atomic E-state index is 11.8. The lowest BCUT2D eigenvalue weighted by molar-refractivity contribution is 0.105. The van der Waals surface area contributed by atoms with Gasteiger partial charge in [0.25, 0.3) is 0 Å². The number of nitrogens with zero attached hydrogens (tertiary/aromatic N) is 4. The molecule has 1 aromatic heterocycles. The van der Waals surface area contributed by atoms with Crippen molar-refractivity contribution >= 4 is 23.5 Å². The van der Waals surface area contributed by atoms with Crippen molar-refractivity contribution in [3.8, 4) is 0 Å². The van der Waals surface area contributed by atoms with Crippen LogP contribution in [0.1, 0.15) is 12.6 Å². The quantitative estimate of drug-likeness (QED) is 0.922. The van der Waals surface area contributed by atoms with E-state index in [1.54, 1.807) is 4.90 Å². The van der Waals surface area contributed by atoms with Crippen LogP contribution in [0.5, 0.6) is 0 Å². The molecule has 25 heavy (non-hydrogen) atoms. The predicted molar refractivity (Wildman–Crippen MR) is 97.3 cm³/mol. The van der Waals surface area contributed by atoms with Crippen molar-refractivity contribution in [2.24, 2.45) is 0 Å². The van der Waals surface area contributed by atoms with Gasteiger partial charge in [-0.25, -0.2) is 9.78 Å². The minimum Gasteiger partial charge on any atom is -0.450 e. The standard InChI is InChI=1S/C18H23N5O2/c1-3-25-18(24)23-11-9-22(10-12-23)17-19-14(2)13-16(21-17)20-15-7-5-4-6-8-15/h4-8,13H,3,9-12H2,1-2H3,(H,19,20,21). The number of para-hydroxylation sites is 1. The van der Waals surface area contributed by atoms with Crippen LogP contribution in [0, 0.1) is 6.92 Å². The van der Waals surface area contributed by atoms with E-state index in [0.29, 0.717) is 38.7 Å². The van der Waals surface area contributed by atoms with Crippen LogP contribution in [0.25, 0.3) is 0 Å². The first-order valence-electron chi connectivity index (χ1n) is 8.50. The molecule has 1 aliphatic rings. The van der Waals surface area contributed by atoms with E-state index < -0.39 is 0 Å². The van der Waals surface area contributed by atoms with Gasteiger partial charge in [-0.1, -0.05) is 18.2 Å². The predicted octanol–water partition coefficient (Wildman–Crippen LogP) is 2.81. The molecule has 0 radical (unpaired) electrons. The lowest BCUT2D eigenvalue weighted by Gasteiger charge is -2.34. The van der Waals surface area contributed by atoms with Gasteiger partial charge >= 0.3 is 6.09 Å². The number of benzene rings is 1. The molecule has 0 bridgehead atoms. The molecule has 3 rings (SSSR count). The van der Waals surface area contributed by atoms with Crippen molar-refractivity contribution in [2.45, 2.75) is 13.8 Å². The summed E-state index contributed by atoms with van der Waals surface area (Å²) >= 11 is 0. The van der Waals surface area contributed by atoms with E-state index in [9.17, 15) is 4.79 Å². The van der Waals surface area contributed by atoms with Gasteiger partial charge in [-0.05, 0) is 26.0 Å². The number of aryl methyl sites for hydroxylation is 1. The van der Waals surface area contributed by atoms with Gasteiger partial charge in [-0.15, -0.1) is 0 Å². The van der Waals surface area contributed by atoms with E-state index in [0.717, 1.165) is 17.2 Å². The van der Waals surface area contributed by atoms with Gasteiger partial charge in [0.2, 0.25) is 5.95 Å². The Bertz CT molecular complexity index is 715. The number of aromatic nitrogens is 2. The highest BCUT2D eigenvalue weighted by molar-refractivity contribution is 5.68. The minimum absolute atomic E-state index is 0.251. The van der Waals surface area contributed by atoms with E-state index in [1.807, 2.05) is 50.2 Å². The summed E-state index contributed by atoms with van der Waals surface area (Å²) in [5.41, 5.74) is 1.88. The Hall–Kier alpha value is -2.83. The molecule has 1 aliphatic heterocycles. The third-order valence-corrected chi connectivity index (χ3v) is 3.98. The second-order valence-electron chi connectivity index (χ2n) is 5.86. The number of piperazine rings is 1. The molecule has 7 nitrogen and oxygen atoms in total. The first kappa shape index (κ1) is 17.0. The van der Waals surface area contributed by atoms with Gasteiger partial charge in [0, 0.05) is 43.6 Å². The average molecular weight is 341 g/mol. The minimum atomic E-state index is -0.251. The second kappa shape index (κ2) is 7.83. The van der Waals surface area contributed by atoms with Crippen LogP contribution in [-0.2, 0) is 4.74 Å². The number of ether oxygens (including phenoxy) is 1. The maximum Gasteiger partial charge on any atom is 0.409 e. The van der Waals surface area contributed by atoms with E-state index in [2.05, 4.69) is 20.2 Å². The number of carbonyl (C=O) groups is 1. The largest absolute Gasteiger partial charge is 0.450 e. The van der Waals surface area contributed by atoms with Crippen LogP contribution in [-0.4, -0.2) is 53.7 Å². The molecule has 1 aromatic carbocycles. The van der Waals surface area contributed by atoms with E-state index in [1.165, 1.54) is 0 Å². The first-order chi connectivity index (χ1) is 12.2. The summed E-state index contributed by atoms with van der Waals surface area (Å²) in [5.74, 6) is 1.45. The smallest absolute Gasteiger partial charge is 0.409 e. The summed E-state index contributed by atoms with van der Waals surface area (Å²) in [6.45, 7) is 6.76. The summed E-state index contributed by atoms with van der Waals surface area (Å²) < 4.78 is 5.05. The molecule has 0 saturated carbocycles. The molecule has 1 N–H and O–H groups in total. The van der Waals surface area contributed by atoms with Crippen LogP contribution in [0.4, 0.5) is 22.2 Å². The van der Waals surface area contributed by atoms with Crippen LogP contribution < -0.4 is 10.2 Å². The highest BCUT2D eigenvalue weighted by Crippen LogP contribution is 2.19. The summed E-state index contributed by atoms with van der Waals surface area (Å²) in [6, 6.07) is 11.8. The molecular weight excluding hydrogens is 318 g/mol. The molecule has 0 aliphatic carbocycles. The Kier molecular flexibility index (Phi) is 5.33. The lowest BCUT2D eigenvalue weighted by atomic mass is 10.3. The summed E-state index contributed by atoms with van der Waals surface area (Å²) in [6.07, 6.45) is -0.251. The molecule has 1 saturated heterocycles. The fourth-order valence-corrected chi connectivity index (χ4v) is 2.73. The molecule has 7 heteroatoms. The summed E-state index contributed by atoms with van der Waals surface area (Å²) in [5, 5.41) is 3.31. The number of anilines is 3. The Morgan fingerprint density at radius 3 is 2.56 bits per heavy atom. The van der Waals surface area contributed by atoms with E-state index >= 15 is 0 Å². The molecular formula is C18H23N5O2. The molecule has 1 amide bonds. The Balaban J connectivity index is 1.68. The topological polar surface area (TPSA) is 70.6 Å². The SMILES string of the molecule is CCOC(=O)N1CCN(c2nc(C)cc(Nc3ccccc3)n2)CC1. The zero-order valence-electron chi connectivity index (χ0n) is 14.6. The Morgan fingerprint density at radius 2 is 1.88 bits per heavy atom. The van der Waals surface area contributed by atoms with Gasteiger partial charge in [0.05, 0.1) is 6.61 Å². The summed E-state index contributed by atoms with van der Waals surface area (Å²) in [4.78, 5) is 24.8. The van der Waals surface area contributed by atoms with Crippen LogP contribution in [0.2, 0.25) is 0 Å². The molecule has 1 fully saturated rings. The zero-order valence-corrected chi connectivity index (χ0v) is 14.6. The van der Waals surface area contributed by atoms with Crippen molar-refractivity contribution < 1.29 is 9.53 Å². The van der Waals surface area contributed by atoms with Crippen molar-refractivity contribution in [3.63, 3.8) is 0 Å². The van der Waals surface area contributed by atoms with Crippen LogP contribution >= 0.6 is 0 Å². The van der Waals surface area contributed by atoms with Crippen molar-refractivity contribution in [1.29, 1.82) is 0 Å². The number of amides is 1. The molecule has 0 spiro atoms. The molecule has 0 atom stereocenters. The van der Waals surface area contributed by atoms with Crippen LogP contribution in [0.3, 0.4) is 0 Å². The van der Waals surface area contributed by atoms with Gasteiger partial charge in [-0.3, -0.25) is 0 Å². The van der Waals surface area contributed by atoms with Crippen LogP contribution in [0.15, 0.2) is 36.4 Å². The van der Waals surface area contributed by atoms with E-state index in [-0.39, 0.29) is 6.09 Å². The maximum atomic E-state index is 11.8. The Labute approximate surface area is 147 Å². The number of hydrogen-bond acceptors (Lipinski definition) is 6. The third-order valence-electron chi connectivity index (χ3n) is 3.98. The molecule has 2 heterocycles. The van der Waals surface area contributed by atoms with Gasteiger partial charge < -0.3 is 19.9 Å². The highest BCUT2D eigenvalue weighted by Gasteiger charge is 2.23. The third kappa shape index (κ3) is 4.37. The molecule has 2 aromatic rings. The number of hydrogen-bond donors (Lipinski definition) is 1. The fourth-order valence-electron chi connectivity index (χ4n) is 2.73. The van der Waals surface area contributed by atoms with Crippen molar-refractivity contribution in [2.75, 3.05) is 43.0 Å². The number of nitrogens with one attached hydrogen (secondary N) is 1. The first-order valence-corrected chi connectivity index (χ1v) is 8.50. The molecule has 0 unspecified atom stereocenters. The van der Waals surface area contributed by atoms with Gasteiger partial charge in [0.15, 0.2) is 0 Å². The second-order valence-corrected chi connectivity index (χ2v) is 5.86. The van der Waals surface area contributed by atoms with Crippen molar-refractivity contribution in [3.05, 3.63) is 42.1 Å². The Morgan fingerprint density at radius 1 is 1.16 bits per heavy atom. The zero-order chi connectivity index (χ0) is 17.6. The molecule has 132 valence electrons.